The van der Waals surface area contributed by atoms with Gasteiger partial charge < -0.3 is 15.2 Å². The number of hydrogen-bond donors (Lipinski definition) is 2. The number of carbonyl (C=O) groups excluding carboxylic acids is 1. The predicted octanol–water partition coefficient (Wildman–Crippen LogP) is 2.53. The molecule has 0 atom stereocenters. The number of rotatable bonds is 2. The van der Waals surface area contributed by atoms with Gasteiger partial charge in [-0.05, 0) is 36.9 Å². The SMILES string of the molecule is O=C(O)c1cncc(-c2ccc3c(c2)C(=O)CC2(CCNCC2)O3)c1. The van der Waals surface area contributed by atoms with Gasteiger partial charge in [-0.1, -0.05) is 6.07 Å². The number of carboxylic acid groups (broad SMARTS) is 1. The number of ketones is 1. The summed E-state index contributed by atoms with van der Waals surface area (Å²) >= 11 is 0. The van der Waals surface area contributed by atoms with Gasteiger partial charge in [-0.15, -0.1) is 0 Å². The number of pyridine rings is 1. The van der Waals surface area contributed by atoms with Gasteiger partial charge in [0.25, 0.3) is 0 Å². The molecule has 25 heavy (non-hydrogen) atoms. The first-order valence-corrected chi connectivity index (χ1v) is 8.32. The van der Waals surface area contributed by atoms with Crippen molar-refractivity contribution in [2.45, 2.75) is 24.9 Å². The second-order valence-electron chi connectivity index (χ2n) is 6.61. The number of nitrogens with one attached hydrogen (secondary N) is 1. The first-order chi connectivity index (χ1) is 12.1. The van der Waals surface area contributed by atoms with Gasteiger partial charge in [-0.2, -0.15) is 0 Å². The van der Waals surface area contributed by atoms with E-state index in [1.165, 1.54) is 6.20 Å². The summed E-state index contributed by atoms with van der Waals surface area (Å²) in [6.45, 7) is 1.71. The molecule has 6 nitrogen and oxygen atoms in total. The maximum Gasteiger partial charge on any atom is 0.337 e. The Bertz CT molecular complexity index is 856. The lowest BCUT2D eigenvalue weighted by Gasteiger charge is -2.41. The maximum absolute atomic E-state index is 12.7. The molecular weight excluding hydrogens is 320 g/mol. The molecule has 2 aliphatic heterocycles. The minimum atomic E-state index is -1.03. The Kier molecular flexibility index (Phi) is 3.77. The van der Waals surface area contributed by atoms with E-state index in [4.69, 9.17) is 9.84 Å². The van der Waals surface area contributed by atoms with E-state index in [-0.39, 0.29) is 16.9 Å². The summed E-state index contributed by atoms with van der Waals surface area (Å²) in [6, 6.07) is 6.97. The van der Waals surface area contributed by atoms with Crippen molar-refractivity contribution in [2.24, 2.45) is 0 Å². The number of nitrogens with zero attached hydrogens (tertiary/aromatic N) is 1. The lowest BCUT2D eigenvalue weighted by Crippen LogP contribution is -2.49. The van der Waals surface area contributed by atoms with Crippen molar-refractivity contribution in [3.05, 3.63) is 47.8 Å². The molecule has 0 radical (unpaired) electrons. The molecule has 0 saturated carbocycles. The quantitative estimate of drug-likeness (QED) is 0.875. The van der Waals surface area contributed by atoms with E-state index < -0.39 is 5.97 Å². The average Bonchev–Trinajstić information content (AvgIpc) is 2.62. The minimum Gasteiger partial charge on any atom is -0.486 e. The fraction of sp³-hybridized carbons (Fsp3) is 0.316. The Hall–Kier alpha value is -2.73. The number of benzene rings is 1. The van der Waals surface area contributed by atoms with Crippen molar-refractivity contribution in [3.8, 4) is 16.9 Å². The largest absolute Gasteiger partial charge is 0.486 e. The summed E-state index contributed by atoms with van der Waals surface area (Å²) in [5, 5.41) is 12.4. The highest BCUT2D eigenvalue weighted by Crippen LogP contribution is 2.39. The van der Waals surface area contributed by atoms with Gasteiger partial charge in [0.2, 0.25) is 0 Å². The minimum absolute atomic E-state index is 0.0762. The molecule has 1 aromatic heterocycles. The van der Waals surface area contributed by atoms with Gasteiger partial charge in [0.15, 0.2) is 5.78 Å². The number of hydrogen-bond acceptors (Lipinski definition) is 5. The molecule has 1 spiro atoms. The highest BCUT2D eigenvalue weighted by molar-refractivity contribution is 6.01. The molecule has 6 heteroatoms. The molecule has 0 amide bonds. The van der Waals surface area contributed by atoms with Crippen LogP contribution in [0.4, 0.5) is 0 Å². The van der Waals surface area contributed by atoms with Crippen molar-refractivity contribution < 1.29 is 19.4 Å². The summed E-state index contributed by atoms with van der Waals surface area (Å²) < 4.78 is 6.21. The van der Waals surface area contributed by atoms with Crippen LogP contribution in [-0.2, 0) is 0 Å². The van der Waals surface area contributed by atoms with Crippen LogP contribution in [0.1, 0.15) is 40.0 Å². The number of ether oxygens (including phenoxy) is 1. The Morgan fingerprint density at radius 3 is 2.72 bits per heavy atom. The monoisotopic (exact) mass is 338 g/mol. The van der Waals surface area contributed by atoms with Crippen LogP contribution in [0.3, 0.4) is 0 Å². The number of carbonyl (C=O) groups is 2. The van der Waals surface area contributed by atoms with Crippen molar-refractivity contribution in [1.82, 2.24) is 10.3 Å². The third-order valence-corrected chi connectivity index (χ3v) is 4.92. The summed E-state index contributed by atoms with van der Waals surface area (Å²) in [5.74, 6) is -0.337. The maximum atomic E-state index is 12.7. The standard InChI is InChI=1S/C19H18N2O4/c22-16-9-19(3-5-20-6-4-19)25-17-2-1-12(8-15(16)17)13-7-14(18(23)24)11-21-10-13/h1-2,7-8,10-11,20H,3-6,9H2,(H,23,24). The lowest BCUT2D eigenvalue weighted by atomic mass is 9.82. The summed E-state index contributed by atoms with van der Waals surface area (Å²) in [7, 11) is 0. The smallest absolute Gasteiger partial charge is 0.337 e. The number of carboxylic acids is 1. The molecule has 4 rings (SSSR count). The van der Waals surface area contributed by atoms with Crippen LogP contribution in [0.5, 0.6) is 5.75 Å². The zero-order valence-electron chi connectivity index (χ0n) is 13.6. The predicted molar refractivity (Wildman–Crippen MR) is 91.0 cm³/mol. The molecule has 1 saturated heterocycles. The number of aromatic nitrogens is 1. The number of aromatic carboxylic acids is 1. The Morgan fingerprint density at radius 2 is 1.96 bits per heavy atom. The Morgan fingerprint density at radius 1 is 1.16 bits per heavy atom. The fourth-order valence-corrected chi connectivity index (χ4v) is 3.55. The van der Waals surface area contributed by atoms with Gasteiger partial charge in [-0.3, -0.25) is 9.78 Å². The normalized spacial score (nSPS) is 18.5. The molecule has 2 aliphatic rings. The molecule has 3 heterocycles. The van der Waals surface area contributed by atoms with Gasteiger partial charge in [0.05, 0.1) is 17.5 Å². The first-order valence-electron chi connectivity index (χ1n) is 8.32. The van der Waals surface area contributed by atoms with Crippen LogP contribution < -0.4 is 10.1 Å². The van der Waals surface area contributed by atoms with E-state index in [0.717, 1.165) is 31.5 Å². The van der Waals surface area contributed by atoms with Crippen LogP contribution in [0, 0.1) is 0 Å². The van der Waals surface area contributed by atoms with E-state index in [9.17, 15) is 9.59 Å². The molecule has 0 bridgehead atoms. The first kappa shape index (κ1) is 15.8. The van der Waals surface area contributed by atoms with Crippen LogP contribution in [-0.4, -0.2) is 40.5 Å². The summed E-state index contributed by atoms with van der Waals surface area (Å²) in [4.78, 5) is 27.8. The van der Waals surface area contributed by atoms with E-state index >= 15 is 0 Å². The van der Waals surface area contributed by atoms with Crippen molar-refractivity contribution in [3.63, 3.8) is 0 Å². The van der Waals surface area contributed by atoms with E-state index in [2.05, 4.69) is 10.3 Å². The lowest BCUT2D eigenvalue weighted by molar-refractivity contribution is 0.0187. The van der Waals surface area contributed by atoms with E-state index in [1.54, 1.807) is 24.4 Å². The Balaban J connectivity index is 1.69. The van der Waals surface area contributed by atoms with Crippen molar-refractivity contribution in [1.29, 1.82) is 0 Å². The van der Waals surface area contributed by atoms with Crippen molar-refractivity contribution in [2.75, 3.05) is 13.1 Å². The molecule has 0 unspecified atom stereocenters. The second kappa shape index (κ2) is 5.97. The highest BCUT2D eigenvalue weighted by Gasteiger charge is 2.41. The van der Waals surface area contributed by atoms with Gasteiger partial charge in [0.1, 0.15) is 11.4 Å². The summed E-state index contributed by atoms with van der Waals surface area (Å²) in [5.41, 5.74) is 1.71. The topological polar surface area (TPSA) is 88.5 Å². The molecular formula is C19H18N2O4. The zero-order valence-corrected chi connectivity index (χ0v) is 13.6. The third-order valence-electron chi connectivity index (χ3n) is 4.92. The van der Waals surface area contributed by atoms with Gasteiger partial charge in [0, 0.05) is 30.8 Å². The van der Waals surface area contributed by atoms with Gasteiger partial charge >= 0.3 is 5.97 Å². The molecule has 1 aromatic carbocycles. The molecule has 2 N–H and O–H groups in total. The number of Topliss-reactive ketones (excluding diaryl/α,β-unsaturated/α-hetero) is 1. The van der Waals surface area contributed by atoms with Crippen LogP contribution in [0.2, 0.25) is 0 Å². The highest BCUT2D eigenvalue weighted by atomic mass is 16.5. The zero-order chi connectivity index (χ0) is 17.4. The average molecular weight is 338 g/mol. The summed E-state index contributed by atoms with van der Waals surface area (Å²) in [6.07, 6.45) is 4.93. The second-order valence-corrected chi connectivity index (χ2v) is 6.61. The Labute approximate surface area is 144 Å². The molecule has 128 valence electrons. The third kappa shape index (κ3) is 2.89. The van der Waals surface area contributed by atoms with Gasteiger partial charge in [-0.25, -0.2) is 4.79 Å². The number of fused-ring (bicyclic) bond motifs is 1. The van der Waals surface area contributed by atoms with E-state index in [1.807, 2.05) is 6.07 Å². The molecule has 0 aliphatic carbocycles. The molecule has 1 fully saturated rings. The van der Waals surface area contributed by atoms with Crippen molar-refractivity contribution >= 4 is 11.8 Å². The van der Waals surface area contributed by atoms with Crippen LogP contribution in [0.15, 0.2) is 36.7 Å². The molecule has 2 aromatic rings. The van der Waals surface area contributed by atoms with Crippen LogP contribution in [0.25, 0.3) is 11.1 Å². The van der Waals surface area contributed by atoms with E-state index in [0.29, 0.717) is 23.3 Å². The van der Waals surface area contributed by atoms with Crippen LogP contribution >= 0.6 is 0 Å². The fourth-order valence-electron chi connectivity index (χ4n) is 3.55. The number of piperidine rings is 1.